The lowest BCUT2D eigenvalue weighted by atomic mass is 10.0. The molecule has 1 unspecified atom stereocenters. The van der Waals surface area contributed by atoms with Crippen molar-refractivity contribution in [3.8, 4) is 0 Å². The number of anilines is 1. The number of aryl methyl sites for hydroxylation is 1. The molecular weight excluding hydrogens is 430 g/mol. The lowest BCUT2D eigenvalue weighted by Gasteiger charge is -2.33. The molecule has 2 fully saturated rings. The molecule has 0 saturated carbocycles. The summed E-state index contributed by atoms with van der Waals surface area (Å²) in [6.45, 7) is 3.95. The van der Waals surface area contributed by atoms with Crippen LogP contribution in [0.25, 0.3) is 6.08 Å². The van der Waals surface area contributed by atoms with Gasteiger partial charge >= 0.3 is 0 Å². The summed E-state index contributed by atoms with van der Waals surface area (Å²) in [7, 11) is 0. The summed E-state index contributed by atoms with van der Waals surface area (Å²) >= 11 is 0. The third-order valence-electron chi connectivity index (χ3n) is 6.15. The van der Waals surface area contributed by atoms with E-state index in [1.54, 1.807) is 18.5 Å². The molecule has 1 aromatic heterocycles. The second kappa shape index (κ2) is 13.2. The van der Waals surface area contributed by atoms with Crippen molar-refractivity contribution in [3.05, 3.63) is 60.1 Å². The summed E-state index contributed by atoms with van der Waals surface area (Å²) < 4.78 is 5.42. The lowest BCUT2D eigenvalue weighted by molar-refractivity contribution is -0.198. The van der Waals surface area contributed by atoms with Crippen molar-refractivity contribution in [2.24, 2.45) is 0 Å². The van der Waals surface area contributed by atoms with Crippen LogP contribution in [0.3, 0.4) is 0 Å². The van der Waals surface area contributed by atoms with E-state index in [4.69, 9.17) is 9.57 Å². The third-order valence-corrected chi connectivity index (χ3v) is 6.15. The van der Waals surface area contributed by atoms with Crippen LogP contribution in [-0.4, -0.2) is 59.3 Å². The zero-order valence-electron chi connectivity index (χ0n) is 19.7. The number of carbonyl (C=O) groups excluding carboxylic acids is 1. The van der Waals surface area contributed by atoms with Gasteiger partial charge in [0.15, 0.2) is 6.29 Å². The SMILES string of the molecule is O=C(/C=C/c1cnc(N[C@@H]2CCCN(CCCc3ccccc3)C2)cn1)NOC1CCCCO1. The molecule has 2 aromatic rings. The number of likely N-dealkylation sites (tertiary alicyclic amines) is 1. The van der Waals surface area contributed by atoms with Gasteiger partial charge in [-0.05, 0) is 63.3 Å². The van der Waals surface area contributed by atoms with Gasteiger partial charge in [-0.25, -0.2) is 15.3 Å². The first-order valence-electron chi connectivity index (χ1n) is 12.3. The number of piperidine rings is 1. The topological polar surface area (TPSA) is 88.6 Å². The molecule has 1 aromatic carbocycles. The van der Waals surface area contributed by atoms with Crippen molar-refractivity contribution < 1.29 is 14.4 Å². The quantitative estimate of drug-likeness (QED) is 0.410. The highest BCUT2D eigenvalue weighted by Gasteiger charge is 2.20. The number of carbonyl (C=O) groups is 1. The molecule has 2 atom stereocenters. The number of rotatable bonds is 10. The zero-order chi connectivity index (χ0) is 23.4. The number of hydrogen-bond donors (Lipinski definition) is 2. The normalized spacial score (nSPS) is 21.4. The second-order valence-corrected chi connectivity index (χ2v) is 8.91. The van der Waals surface area contributed by atoms with Crippen LogP contribution in [0.4, 0.5) is 5.82 Å². The van der Waals surface area contributed by atoms with Gasteiger partial charge in [0.1, 0.15) is 5.82 Å². The zero-order valence-corrected chi connectivity index (χ0v) is 19.7. The minimum absolute atomic E-state index is 0.354. The highest BCUT2D eigenvalue weighted by Crippen LogP contribution is 2.16. The van der Waals surface area contributed by atoms with Crippen molar-refractivity contribution in [1.29, 1.82) is 0 Å². The minimum Gasteiger partial charge on any atom is -0.365 e. The summed E-state index contributed by atoms with van der Waals surface area (Å²) in [6, 6.07) is 11.0. The van der Waals surface area contributed by atoms with Crippen LogP contribution in [0.1, 0.15) is 49.8 Å². The van der Waals surface area contributed by atoms with E-state index >= 15 is 0 Å². The molecule has 2 aliphatic rings. The van der Waals surface area contributed by atoms with Gasteiger partial charge in [0, 0.05) is 31.7 Å². The molecule has 0 spiro atoms. The average Bonchev–Trinajstić information content (AvgIpc) is 2.89. The van der Waals surface area contributed by atoms with Gasteiger partial charge in [-0.2, -0.15) is 0 Å². The van der Waals surface area contributed by atoms with Crippen LogP contribution in [0.5, 0.6) is 0 Å². The molecule has 2 aliphatic heterocycles. The lowest BCUT2D eigenvalue weighted by Crippen LogP contribution is -2.42. The fourth-order valence-electron chi connectivity index (χ4n) is 4.36. The molecule has 2 N–H and O–H groups in total. The second-order valence-electron chi connectivity index (χ2n) is 8.91. The maximum atomic E-state index is 11.9. The molecule has 4 rings (SSSR count). The number of benzene rings is 1. The Balaban J connectivity index is 1.16. The number of nitrogens with one attached hydrogen (secondary N) is 2. The van der Waals surface area contributed by atoms with Crippen LogP contribution in [0.2, 0.25) is 0 Å². The fourth-order valence-corrected chi connectivity index (χ4v) is 4.36. The monoisotopic (exact) mass is 465 g/mol. The van der Waals surface area contributed by atoms with Crippen LogP contribution in [0.15, 0.2) is 48.8 Å². The Morgan fingerprint density at radius 1 is 1.15 bits per heavy atom. The van der Waals surface area contributed by atoms with Crippen LogP contribution in [-0.2, 0) is 20.8 Å². The molecule has 0 radical (unpaired) electrons. The third kappa shape index (κ3) is 8.20. The molecule has 0 bridgehead atoms. The Kier molecular flexibility index (Phi) is 9.42. The molecule has 2 saturated heterocycles. The standard InChI is InChI=1S/C26H35N5O3/c32-25(30-34-26-12-4-5-17-33-26)14-13-22-18-28-24(19-27-22)29-23-11-7-16-31(20-23)15-6-10-21-8-2-1-3-9-21/h1-3,8-9,13-14,18-19,23,26H,4-7,10-12,15-17,20H2,(H,28,29)(H,30,32)/b14-13+/t23-,26?/m1/s1. The number of hydrogen-bond acceptors (Lipinski definition) is 7. The summed E-state index contributed by atoms with van der Waals surface area (Å²) in [5, 5.41) is 3.52. The number of nitrogens with zero attached hydrogens (tertiary/aromatic N) is 3. The summed E-state index contributed by atoms with van der Waals surface area (Å²) in [4.78, 5) is 28.6. The van der Waals surface area contributed by atoms with Crippen molar-refractivity contribution in [2.45, 2.75) is 57.3 Å². The first-order chi connectivity index (χ1) is 16.7. The van der Waals surface area contributed by atoms with Gasteiger partial charge in [-0.15, -0.1) is 0 Å². The Morgan fingerprint density at radius 3 is 2.85 bits per heavy atom. The predicted molar refractivity (Wildman–Crippen MR) is 132 cm³/mol. The van der Waals surface area contributed by atoms with E-state index in [1.807, 2.05) is 0 Å². The molecule has 8 heteroatoms. The molecule has 182 valence electrons. The predicted octanol–water partition coefficient (Wildman–Crippen LogP) is 3.57. The molecular formula is C26H35N5O3. The highest BCUT2D eigenvalue weighted by molar-refractivity contribution is 5.90. The average molecular weight is 466 g/mol. The van der Waals surface area contributed by atoms with Crippen LogP contribution >= 0.6 is 0 Å². The van der Waals surface area contributed by atoms with Gasteiger partial charge in [0.2, 0.25) is 0 Å². The van der Waals surface area contributed by atoms with E-state index in [-0.39, 0.29) is 12.2 Å². The van der Waals surface area contributed by atoms with Crippen LogP contribution in [0, 0.1) is 0 Å². The Morgan fingerprint density at radius 2 is 2.06 bits per heavy atom. The number of hydroxylamine groups is 1. The first kappa shape index (κ1) is 24.3. The van der Waals surface area contributed by atoms with Crippen molar-refractivity contribution in [3.63, 3.8) is 0 Å². The maximum Gasteiger partial charge on any atom is 0.267 e. The fraction of sp³-hybridized carbons (Fsp3) is 0.500. The molecule has 34 heavy (non-hydrogen) atoms. The molecule has 0 aliphatic carbocycles. The largest absolute Gasteiger partial charge is 0.365 e. The van der Waals surface area contributed by atoms with Crippen molar-refractivity contribution in [1.82, 2.24) is 20.3 Å². The van der Waals surface area contributed by atoms with Gasteiger partial charge < -0.3 is 15.0 Å². The van der Waals surface area contributed by atoms with E-state index in [1.165, 1.54) is 24.5 Å². The number of ether oxygens (including phenoxy) is 1. The minimum atomic E-state index is -0.365. The van der Waals surface area contributed by atoms with Gasteiger partial charge in [0.25, 0.3) is 5.91 Å². The maximum absolute atomic E-state index is 11.9. The molecule has 1 amide bonds. The van der Waals surface area contributed by atoms with Crippen molar-refractivity contribution >= 4 is 17.8 Å². The van der Waals surface area contributed by atoms with E-state index in [0.29, 0.717) is 18.3 Å². The number of aromatic nitrogens is 2. The Labute approximate surface area is 201 Å². The summed E-state index contributed by atoms with van der Waals surface area (Å²) in [5.41, 5.74) is 4.42. The smallest absolute Gasteiger partial charge is 0.267 e. The van der Waals surface area contributed by atoms with E-state index in [0.717, 1.165) is 57.6 Å². The highest BCUT2D eigenvalue weighted by atomic mass is 16.8. The Hall–Kier alpha value is -2.81. The molecule has 8 nitrogen and oxygen atoms in total. The van der Waals surface area contributed by atoms with Gasteiger partial charge in [-0.1, -0.05) is 30.3 Å². The summed E-state index contributed by atoms with van der Waals surface area (Å²) in [6.07, 6.45) is 13.5. The van der Waals surface area contributed by atoms with Gasteiger partial charge in [0.05, 0.1) is 18.1 Å². The van der Waals surface area contributed by atoms with E-state index < -0.39 is 0 Å². The Bertz CT molecular complexity index is 900. The number of amides is 1. The van der Waals surface area contributed by atoms with Gasteiger partial charge in [-0.3, -0.25) is 9.78 Å². The van der Waals surface area contributed by atoms with Crippen LogP contribution < -0.4 is 10.8 Å². The summed E-state index contributed by atoms with van der Waals surface area (Å²) in [5.74, 6) is 0.406. The van der Waals surface area contributed by atoms with E-state index in [9.17, 15) is 4.79 Å². The van der Waals surface area contributed by atoms with Crippen molar-refractivity contribution in [2.75, 3.05) is 31.6 Å². The molecule has 3 heterocycles. The first-order valence-corrected chi connectivity index (χ1v) is 12.3. The van der Waals surface area contributed by atoms with E-state index in [2.05, 4.69) is 56.0 Å².